The lowest BCUT2D eigenvalue weighted by atomic mass is 10.4. The van der Waals surface area contributed by atoms with E-state index in [-0.39, 0.29) is 6.61 Å². The van der Waals surface area contributed by atoms with Crippen LogP contribution < -0.4 is 11.5 Å². The molecule has 0 spiro atoms. The number of hydrogen-bond donors (Lipinski definition) is 3. The van der Waals surface area contributed by atoms with Gasteiger partial charge < -0.3 is 16.6 Å². The monoisotopic (exact) mass is 259 g/mol. The van der Waals surface area contributed by atoms with Crippen molar-refractivity contribution >= 4 is 0 Å². The Labute approximate surface area is 111 Å². The highest BCUT2D eigenvalue weighted by molar-refractivity contribution is 4.71. The molecular weight excluding hydrogens is 230 g/mol. The first-order valence-corrected chi connectivity index (χ1v) is 6.98. The lowest BCUT2D eigenvalue weighted by molar-refractivity contribution is 0.174. The van der Waals surface area contributed by atoms with E-state index in [1.54, 1.807) is 0 Å². The van der Waals surface area contributed by atoms with Crippen molar-refractivity contribution in [1.82, 2.24) is 14.7 Å². The Balaban J connectivity index is 2.50. The van der Waals surface area contributed by atoms with Crippen LogP contribution in [0.1, 0.15) is 0 Å². The largest absolute Gasteiger partial charge is 0.395 e. The second-order valence-corrected chi connectivity index (χ2v) is 4.83. The van der Waals surface area contributed by atoms with Gasteiger partial charge in [0.25, 0.3) is 0 Å². The molecule has 1 heterocycles. The molecule has 18 heavy (non-hydrogen) atoms. The van der Waals surface area contributed by atoms with Gasteiger partial charge in [-0.05, 0) is 0 Å². The lowest BCUT2D eigenvalue weighted by Crippen LogP contribution is -2.39. The highest BCUT2D eigenvalue weighted by Gasteiger charge is 2.15. The number of nitrogens with zero attached hydrogens (tertiary/aromatic N) is 3. The molecule has 1 saturated heterocycles. The van der Waals surface area contributed by atoms with Crippen LogP contribution in [0.25, 0.3) is 0 Å². The van der Waals surface area contributed by atoms with Crippen molar-refractivity contribution < 1.29 is 5.11 Å². The fourth-order valence-corrected chi connectivity index (χ4v) is 2.36. The van der Waals surface area contributed by atoms with Gasteiger partial charge in [0.2, 0.25) is 0 Å². The summed E-state index contributed by atoms with van der Waals surface area (Å²) in [7, 11) is 0. The molecule has 0 radical (unpaired) electrons. The highest BCUT2D eigenvalue weighted by Crippen LogP contribution is 1.99. The van der Waals surface area contributed by atoms with Crippen molar-refractivity contribution in [2.75, 3.05) is 78.6 Å². The van der Waals surface area contributed by atoms with E-state index in [9.17, 15) is 0 Å². The van der Waals surface area contributed by atoms with E-state index in [0.29, 0.717) is 13.1 Å². The molecule has 0 aromatic heterocycles. The van der Waals surface area contributed by atoms with E-state index in [1.807, 2.05) is 0 Å². The van der Waals surface area contributed by atoms with Crippen LogP contribution in [0.4, 0.5) is 0 Å². The van der Waals surface area contributed by atoms with Gasteiger partial charge in [0.1, 0.15) is 0 Å². The molecule has 1 aliphatic heterocycles. The second-order valence-electron chi connectivity index (χ2n) is 4.83. The fraction of sp³-hybridized carbons (Fsp3) is 1.00. The third-order valence-corrected chi connectivity index (χ3v) is 3.50. The molecule has 5 N–H and O–H groups in total. The summed E-state index contributed by atoms with van der Waals surface area (Å²) in [4.78, 5) is 7.12. The van der Waals surface area contributed by atoms with Crippen LogP contribution in [0.5, 0.6) is 0 Å². The zero-order valence-corrected chi connectivity index (χ0v) is 11.4. The van der Waals surface area contributed by atoms with Crippen molar-refractivity contribution in [3.8, 4) is 0 Å². The molecule has 0 aromatic carbocycles. The van der Waals surface area contributed by atoms with Crippen molar-refractivity contribution in [2.24, 2.45) is 11.5 Å². The molecule has 0 atom stereocenters. The van der Waals surface area contributed by atoms with Gasteiger partial charge in [-0.2, -0.15) is 0 Å². The van der Waals surface area contributed by atoms with Crippen LogP contribution in [0.15, 0.2) is 0 Å². The molecule has 0 unspecified atom stereocenters. The number of aliphatic hydroxyl groups excluding tert-OH is 1. The molecule has 0 aliphatic carbocycles. The molecular formula is C12H29N5O. The summed E-state index contributed by atoms with van der Waals surface area (Å²) < 4.78 is 0. The number of nitrogens with two attached hydrogens (primary N) is 2. The van der Waals surface area contributed by atoms with E-state index in [0.717, 1.165) is 58.9 Å². The first kappa shape index (κ1) is 15.8. The first-order valence-electron chi connectivity index (χ1n) is 6.98. The van der Waals surface area contributed by atoms with Crippen molar-refractivity contribution in [3.05, 3.63) is 0 Å². The van der Waals surface area contributed by atoms with Crippen LogP contribution in [-0.2, 0) is 0 Å². The van der Waals surface area contributed by atoms with Gasteiger partial charge >= 0.3 is 0 Å². The molecule has 1 aliphatic rings. The van der Waals surface area contributed by atoms with E-state index < -0.39 is 0 Å². The van der Waals surface area contributed by atoms with Gasteiger partial charge in [0.15, 0.2) is 0 Å². The van der Waals surface area contributed by atoms with Crippen LogP contribution >= 0.6 is 0 Å². The maximum absolute atomic E-state index is 9.08. The summed E-state index contributed by atoms with van der Waals surface area (Å²) in [5.41, 5.74) is 11.3. The minimum absolute atomic E-state index is 0.230. The minimum atomic E-state index is 0.230. The third-order valence-electron chi connectivity index (χ3n) is 3.50. The number of hydrogen-bond acceptors (Lipinski definition) is 6. The summed E-state index contributed by atoms with van der Waals surface area (Å²) in [6.07, 6.45) is 0. The van der Waals surface area contributed by atoms with Gasteiger partial charge in [0, 0.05) is 72.0 Å². The Hall–Kier alpha value is -0.240. The first-order chi connectivity index (χ1) is 8.80. The molecule has 0 bridgehead atoms. The van der Waals surface area contributed by atoms with Crippen LogP contribution in [0.2, 0.25) is 0 Å². The average Bonchev–Trinajstić information content (AvgIpc) is 2.45. The van der Waals surface area contributed by atoms with Crippen LogP contribution in [-0.4, -0.2) is 98.4 Å². The van der Waals surface area contributed by atoms with Gasteiger partial charge in [-0.25, -0.2) is 0 Å². The van der Waals surface area contributed by atoms with Gasteiger partial charge in [0.05, 0.1) is 6.61 Å². The normalized spacial score (nSPS) is 21.5. The van der Waals surface area contributed by atoms with Gasteiger partial charge in [-0.15, -0.1) is 0 Å². The minimum Gasteiger partial charge on any atom is -0.395 e. The van der Waals surface area contributed by atoms with Crippen LogP contribution in [0.3, 0.4) is 0 Å². The third kappa shape index (κ3) is 6.08. The molecule has 108 valence electrons. The summed E-state index contributed by atoms with van der Waals surface area (Å²) in [5, 5.41) is 9.08. The standard InChI is InChI=1S/C12H29N5O/c13-1-3-15-5-6-16(4-2-14)8-10-17(9-7-15)11-12-18/h18H,1-14H2. The number of β-amino-alcohol motifs (C(OH)–C–C–N with tert-alkyl or cyclic N) is 1. The van der Waals surface area contributed by atoms with Crippen LogP contribution in [0, 0.1) is 0 Å². The zero-order chi connectivity index (χ0) is 13.2. The Kier molecular flexibility index (Phi) is 8.49. The zero-order valence-electron chi connectivity index (χ0n) is 11.4. The highest BCUT2D eigenvalue weighted by atomic mass is 16.3. The SMILES string of the molecule is NCCN1CCN(CCN)CCN(CCO)CC1. The second kappa shape index (κ2) is 9.66. The topological polar surface area (TPSA) is 82.0 Å². The lowest BCUT2D eigenvalue weighted by Gasteiger charge is -2.24. The Bertz CT molecular complexity index is 160. The van der Waals surface area contributed by atoms with Crippen molar-refractivity contribution in [2.45, 2.75) is 0 Å². The summed E-state index contributed by atoms with van der Waals surface area (Å²) in [6, 6.07) is 0. The maximum atomic E-state index is 9.08. The Morgan fingerprint density at radius 2 is 1.00 bits per heavy atom. The van der Waals surface area contributed by atoms with Crippen molar-refractivity contribution in [1.29, 1.82) is 0 Å². The molecule has 1 fully saturated rings. The van der Waals surface area contributed by atoms with E-state index >= 15 is 0 Å². The predicted molar refractivity (Wildman–Crippen MR) is 74.5 cm³/mol. The quantitative estimate of drug-likeness (QED) is 0.503. The molecule has 6 nitrogen and oxygen atoms in total. The smallest absolute Gasteiger partial charge is 0.0558 e. The maximum Gasteiger partial charge on any atom is 0.0558 e. The van der Waals surface area contributed by atoms with Gasteiger partial charge in [-0.3, -0.25) is 14.7 Å². The molecule has 0 amide bonds. The Morgan fingerprint density at radius 1 is 0.667 bits per heavy atom. The summed E-state index contributed by atoms with van der Waals surface area (Å²) in [6.45, 7) is 10.5. The molecule has 0 aromatic rings. The number of rotatable bonds is 6. The summed E-state index contributed by atoms with van der Waals surface area (Å²) >= 11 is 0. The summed E-state index contributed by atoms with van der Waals surface area (Å²) in [5.74, 6) is 0. The van der Waals surface area contributed by atoms with Crippen molar-refractivity contribution in [3.63, 3.8) is 0 Å². The average molecular weight is 259 g/mol. The molecule has 0 saturated carbocycles. The fourth-order valence-electron chi connectivity index (χ4n) is 2.36. The Morgan fingerprint density at radius 3 is 1.28 bits per heavy atom. The van der Waals surface area contributed by atoms with E-state index in [4.69, 9.17) is 16.6 Å². The van der Waals surface area contributed by atoms with E-state index in [1.165, 1.54) is 0 Å². The number of aliphatic hydroxyl groups is 1. The molecule has 6 heteroatoms. The van der Waals surface area contributed by atoms with E-state index in [2.05, 4.69) is 14.7 Å². The van der Waals surface area contributed by atoms with Gasteiger partial charge in [-0.1, -0.05) is 0 Å². The predicted octanol–water partition coefficient (Wildman–Crippen LogP) is -2.18. The molecule has 1 rings (SSSR count).